The Labute approximate surface area is 143 Å². The summed E-state index contributed by atoms with van der Waals surface area (Å²) in [6.45, 7) is 2.31. The molecule has 0 aliphatic carbocycles. The minimum absolute atomic E-state index is 0.182. The second-order valence-electron chi connectivity index (χ2n) is 6.01. The molecule has 1 aromatic heterocycles. The van der Waals surface area contributed by atoms with Crippen molar-refractivity contribution in [2.24, 2.45) is 0 Å². The Morgan fingerprint density at radius 1 is 1.08 bits per heavy atom. The minimum Gasteiger partial charge on any atom is -0.354 e. The molecule has 0 fully saturated rings. The Kier molecular flexibility index (Phi) is 6.69. The van der Waals surface area contributed by atoms with E-state index < -0.39 is 0 Å². The highest BCUT2D eigenvalue weighted by atomic mass is 16.1. The number of nitrogens with one attached hydrogen (secondary N) is 1. The molecule has 6 nitrogen and oxygen atoms in total. The Balaban J connectivity index is 1.86. The smallest absolute Gasteiger partial charge is 0.271 e. The zero-order valence-electron chi connectivity index (χ0n) is 14.6. The number of hydrogen-bond donors (Lipinski definition) is 1. The van der Waals surface area contributed by atoms with Crippen LogP contribution in [-0.2, 0) is 6.54 Å². The highest BCUT2D eigenvalue weighted by molar-refractivity contribution is 5.91. The molecule has 0 atom stereocenters. The minimum atomic E-state index is -0.182. The summed E-state index contributed by atoms with van der Waals surface area (Å²) in [5.41, 5.74) is 1.54. The number of carbonyl (C=O) groups excluding carboxylic acids is 1. The van der Waals surface area contributed by atoms with Gasteiger partial charge in [-0.25, -0.2) is 9.97 Å². The number of hydrogen-bond acceptors (Lipinski definition) is 5. The van der Waals surface area contributed by atoms with Crippen molar-refractivity contribution >= 4 is 11.7 Å². The first kappa shape index (κ1) is 17.9. The molecule has 0 aliphatic heterocycles. The van der Waals surface area contributed by atoms with Gasteiger partial charge < -0.3 is 15.1 Å². The van der Waals surface area contributed by atoms with Crippen molar-refractivity contribution in [2.75, 3.05) is 39.1 Å². The largest absolute Gasteiger partial charge is 0.354 e. The predicted octanol–water partition coefficient (Wildman–Crippen LogP) is 1.79. The van der Waals surface area contributed by atoms with Crippen LogP contribution in [0.15, 0.2) is 42.7 Å². The van der Waals surface area contributed by atoms with Gasteiger partial charge in [-0.1, -0.05) is 30.3 Å². The van der Waals surface area contributed by atoms with Crippen molar-refractivity contribution < 1.29 is 4.79 Å². The lowest BCUT2D eigenvalue weighted by Gasteiger charge is -2.17. The number of anilines is 1. The Hall–Kier alpha value is -2.47. The van der Waals surface area contributed by atoms with Gasteiger partial charge in [0.1, 0.15) is 11.5 Å². The molecule has 128 valence electrons. The Morgan fingerprint density at radius 3 is 2.46 bits per heavy atom. The van der Waals surface area contributed by atoms with Crippen molar-refractivity contribution in [1.29, 1.82) is 0 Å². The Morgan fingerprint density at radius 2 is 1.83 bits per heavy atom. The maximum Gasteiger partial charge on any atom is 0.271 e. The van der Waals surface area contributed by atoms with Gasteiger partial charge in [0.15, 0.2) is 0 Å². The van der Waals surface area contributed by atoms with Crippen molar-refractivity contribution in [3.8, 4) is 0 Å². The van der Waals surface area contributed by atoms with Crippen LogP contribution in [0.4, 0.5) is 5.82 Å². The average molecular weight is 327 g/mol. The molecule has 1 heterocycles. The number of aromatic nitrogens is 2. The summed E-state index contributed by atoms with van der Waals surface area (Å²) in [6, 6.07) is 10.2. The van der Waals surface area contributed by atoms with Gasteiger partial charge in [0.2, 0.25) is 0 Å². The molecule has 0 unspecified atom stereocenters. The molecule has 0 aliphatic rings. The lowest BCUT2D eigenvalue weighted by molar-refractivity contribution is 0.0947. The standard InChI is InChI=1S/C18H25N5O/c1-22(2)11-7-10-19-18(24)16-12-21-17(13-20-16)23(3)14-15-8-5-4-6-9-15/h4-6,8-9,12-13H,7,10-11,14H2,1-3H3,(H,19,24). The molecule has 0 radical (unpaired) electrons. The fraction of sp³-hybridized carbons (Fsp3) is 0.389. The van der Waals surface area contributed by atoms with Crippen LogP contribution in [-0.4, -0.2) is 55.0 Å². The highest BCUT2D eigenvalue weighted by Gasteiger charge is 2.09. The second kappa shape index (κ2) is 8.98. The van der Waals surface area contributed by atoms with Gasteiger partial charge in [0.25, 0.3) is 5.91 Å². The van der Waals surface area contributed by atoms with E-state index in [0.29, 0.717) is 12.2 Å². The van der Waals surface area contributed by atoms with Gasteiger partial charge in [0, 0.05) is 20.1 Å². The zero-order chi connectivity index (χ0) is 17.4. The van der Waals surface area contributed by atoms with E-state index in [-0.39, 0.29) is 5.91 Å². The third-order valence-corrected chi connectivity index (χ3v) is 3.59. The second-order valence-corrected chi connectivity index (χ2v) is 6.01. The van der Waals surface area contributed by atoms with E-state index in [1.54, 1.807) is 6.20 Å². The van der Waals surface area contributed by atoms with Crippen LogP contribution in [0.1, 0.15) is 22.5 Å². The molecule has 1 amide bonds. The maximum absolute atomic E-state index is 12.0. The van der Waals surface area contributed by atoms with E-state index in [9.17, 15) is 4.79 Å². The maximum atomic E-state index is 12.0. The zero-order valence-corrected chi connectivity index (χ0v) is 14.6. The van der Waals surface area contributed by atoms with E-state index in [2.05, 4.69) is 32.3 Å². The fourth-order valence-corrected chi connectivity index (χ4v) is 2.26. The molecule has 2 aromatic rings. The molecule has 0 saturated carbocycles. The van der Waals surface area contributed by atoms with Gasteiger partial charge >= 0.3 is 0 Å². The first-order chi connectivity index (χ1) is 11.6. The van der Waals surface area contributed by atoms with Gasteiger partial charge in [-0.05, 0) is 32.6 Å². The molecule has 0 saturated heterocycles. The predicted molar refractivity (Wildman–Crippen MR) is 96.1 cm³/mol. The summed E-state index contributed by atoms with van der Waals surface area (Å²) in [6.07, 6.45) is 4.07. The molecule has 1 N–H and O–H groups in total. The van der Waals surface area contributed by atoms with E-state index in [1.807, 2.05) is 44.2 Å². The number of carbonyl (C=O) groups is 1. The van der Waals surface area contributed by atoms with Crippen LogP contribution in [0.3, 0.4) is 0 Å². The number of benzene rings is 1. The van der Waals surface area contributed by atoms with Gasteiger partial charge in [0.05, 0.1) is 12.4 Å². The summed E-state index contributed by atoms with van der Waals surface area (Å²) in [5, 5.41) is 2.86. The number of rotatable bonds is 8. The lowest BCUT2D eigenvalue weighted by Crippen LogP contribution is -2.28. The van der Waals surface area contributed by atoms with Crippen molar-refractivity contribution in [1.82, 2.24) is 20.2 Å². The highest BCUT2D eigenvalue weighted by Crippen LogP contribution is 2.11. The van der Waals surface area contributed by atoms with Crippen LogP contribution in [0.5, 0.6) is 0 Å². The fourth-order valence-electron chi connectivity index (χ4n) is 2.26. The number of amides is 1. The molecule has 0 bridgehead atoms. The molecule has 1 aromatic carbocycles. The summed E-state index contributed by atoms with van der Waals surface area (Å²) in [4.78, 5) is 24.7. The van der Waals surface area contributed by atoms with Gasteiger partial charge in [-0.3, -0.25) is 4.79 Å². The van der Waals surface area contributed by atoms with Crippen LogP contribution in [0, 0.1) is 0 Å². The van der Waals surface area contributed by atoms with E-state index in [4.69, 9.17) is 0 Å². The molecule has 6 heteroatoms. The van der Waals surface area contributed by atoms with E-state index in [1.165, 1.54) is 11.8 Å². The Bertz CT molecular complexity index is 628. The van der Waals surface area contributed by atoms with Crippen molar-refractivity contribution in [3.05, 3.63) is 54.0 Å². The first-order valence-corrected chi connectivity index (χ1v) is 8.06. The lowest BCUT2D eigenvalue weighted by atomic mass is 10.2. The van der Waals surface area contributed by atoms with Crippen molar-refractivity contribution in [3.63, 3.8) is 0 Å². The molecular formula is C18H25N5O. The van der Waals surface area contributed by atoms with Crippen LogP contribution < -0.4 is 10.2 Å². The van der Waals surface area contributed by atoms with Crippen molar-refractivity contribution in [2.45, 2.75) is 13.0 Å². The normalized spacial score (nSPS) is 10.7. The van der Waals surface area contributed by atoms with Crippen LogP contribution >= 0.6 is 0 Å². The number of nitrogens with zero attached hydrogens (tertiary/aromatic N) is 4. The molecule has 24 heavy (non-hydrogen) atoms. The van der Waals surface area contributed by atoms with Gasteiger partial charge in [-0.15, -0.1) is 0 Å². The van der Waals surface area contributed by atoms with E-state index >= 15 is 0 Å². The average Bonchev–Trinajstić information content (AvgIpc) is 2.59. The SMILES string of the molecule is CN(C)CCCNC(=O)c1cnc(N(C)Cc2ccccc2)cn1. The van der Waals surface area contributed by atoms with E-state index in [0.717, 1.165) is 25.3 Å². The summed E-state index contributed by atoms with van der Waals surface area (Å²) < 4.78 is 0. The molecule has 2 rings (SSSR count). The summed E-state index contributed by atoms with van der Waals surface area (Å²) in [5.74, 6) is 0.557. The van der Waals surface area contributed by atoms with Gasteiger partial charge in [-0.2, -0.15) is 0 Å². The monoisotopic (exact) mass is 327 g/mol. The van der Waals surface area contributed by atoms with Crippen LogP contribution in [0.2, 0.25) is 0 Å². The van der Waals surface area contributed by atoms with Crippen LogP contribution in [0.25, 0.3) is 0 Å². The molecular weight excluding hydrogens is 302 g/mol. The first-order valence-electron chi connectivity index (χ1n) is 8.06. The summed E-state index contributed by atoms with van der Waals surface area (Å²) >= 11 is 0. The third-order valence-electron chi connectivity index (χ3n) is 3.59. The quantitative estimate of drug-likeness (QED) is 0.749. The topological polar surface area (TPSA) is 61.4 Å². The molecule has 0 spiro atoms. The third kappa shape index (κ3) is 5.62. The summed E-state index contributed by atoms with van der Waals surface area (Å²) in [7, 11) is 5.98.